The summed E-state index contributed by atoms with van der Waals surface area (Å²) in [5, 5.41) is 9.89. The fourth-order valence-electron chi connectivity index (χ4n) is 1.79. The Balaban J connectivity index is 2.53. The van der Waals surface area contributed by atoms with Crippen molar-refractivity contribution in [3.63, 3.8) is 0 Å². The van der Waals surface area contributed by atoms with Gasteiger partial charge in [-0.25, -0.2) is 0 Å². The van der Waals surface area contributed by atoms with Gasteiger partial charge in [-0.3, -0.25) is 0 Å². The van der Waals surface area contributed by atoms with E-state index < -0.39 is 0 Å². The van der Waals surface area contributed by atoms with Crippen molar-refractivity contribution in [3.8, 4) is 6.07 Å². The van der Waals surface area contributed by atoms with Crippen LogP contribution in [0.25, 0.3) is 10.9 Å². The lowest BCUT2D eigenvalue weighted by molar-refractivity contribution is 0.862. The number of hydrogen-bond acceptors (Lipinski definition) is 1. The van der Waals surface area contributed by atoms with Gasteiger partial charge in [0.15, 0.2) is 0 Å². The molecule has 0 spiro atoms. The molecule has 1 aromatic heterocycles. The first-order chi connectivity index (χ1) is 7.22. The summed E-state index contributed by atoms with van der Waals surface area (Å²) in [5.41, 5.74) is 2.48. The summed E-state index contributed by atoms with van der Waals surface area (Å²) in [6, 6.07) is 10.7. The van der Waals surface area contributed by atoms with Crippen LogP contribution >= 0.6 is 0 Å². The molecule has 0 aliphatic rings. The average Bonchev–Trinajstić information content (AvgIpc) is 2.61. The van der Waals surface area contributed by atoms with Crippen LogP contribution in [0.2, 0.25) is 0 Å². The summed E-state index contributed by atoms with van der Waals surface area (Å²) in [7, 11) is 0. The Hall–Kier alpha value is -1.75. The maximum Gasteiger partial charge on any atom is 0.110 e. The van der Waals surface area contributed by atoms with Gasteiger partial charge in [0.2, 0.25) is 0 Å². The van der Waals surface area contributed by atoms with Crippen LogP contribution in [0.4, 0.5) is 0 Å². The minimum atomic E-state index is 0.421. The molecule has 0 N–H and O–H groups in total. The Bertz CT molecular complexity index is 515. The zero-order valence-corrected chi connectivity index (χ0v) is 9.07. The molecule has 0 aliphatic heterocycles. The largest absolute Gasteiger partial charge is 0.334 e. The van der Waals surface area contributed by atoms with Crippen molar-refractivity contribution in [2.24, 2.45) is 0 Å². The predicted octanol–water partition coefficient (Wildman–Crippen LogP) is 3.29. The van der Waals surface area contributed by atoms with E-state index in [9.17, 15) is 0 Å². The number of hydrogen-bond donors (Lipinski definition) is 0. The standard InChI is InChI=1S/C13H14N2/c1-10(2)11-3-4-13-12(9-11)5-7-15(13)8-6-14/h3-5,7,9-10H,8H2,1-2H3. The summed E-state index contributed by atoms with van der Waals surface area (Å²) in [4.78, 5) is 0. The Morgan fingerprint density at radius 2 is 2.13 bits per heavy atom. The molecule has 76 valence electrons. The third kappa shape index (κ3) is 1.73. The van der Waals surface area contributed by atoms with Crippen LogP contribution in [0.1, 0.15) is 25.3 Å². The zero-order chi connectivity index (χ0) is 10.8. The molecule has 15 heavy (non-hydrogen) atoms. The summed E-state index contributed by atoms with van der Waals surface area (Å²) < 4.78 is 1.97. The van der Waals surface area contributed by atoms with Gasteiger partial charge in [0.1, 0.15) is 6.54 Å². The van der Waals surface area contributed by atoms with Crippen LogP contribution in [0, 0.1) is 11.3 Å². The topological polar surface area (TPSA) is 28.7 Å². The summed E-state index contributed by atoms with van der Waals surface area (Å²) in [6.07, 6.45) is 1.97. The second kappa shape index (κ2) is 3.78. The number of fused-ring (bicyclic) bond motifs is 1. The zero-order valence-electron chi connectivity index (χ0n) is 9.07. The molecule has 0 bridgehead atoms. The quantitative estimate of drug-likeness (QED) is 0.727. The van der Waals surface area contributed by atoms with Crippen molar-refractivity contribution in [1.29, 1.82) is 5.26 Å². The molecule has 2 heteroatoms. The lowest BCUT2D eigenvalue weighted by Crippen LogP contribution is -1.93. The maximum absolute atomic E-state index is 8.67. The molecule has 0 saturated heterocycles. The monoisotopic (exact) mass is 198 g/mol. The highest BCUT2D eigenvalue weighted by molar-refractivity contribution is 5.81. The molecule has 2 aromatic rings. The second-order valence-corrected chi connectivity index (χ2v) is 4.07. The summed E-state index contributed by atoms with van der Waals surface area (Å²) in [5.74, 6) is 0.550. The Kier molecular flexibility index (Phi) is 2.47. The van der Waals surface area contributed by atoms with E-state index in [0.29, 0.717) is 12.5 Å². The molecule has 0 radical (unpaired) electrons. The molecule has 0 saturated carbocycles. The number of benzene rings is 1. The van der Waals surface area contributed by atoms with Crippen LogP contribution in [-0.4, -0.2) is 4.57 Å². The first-order valence-corrected chi connectivity index (χ1v) is 5.18. The average molecular weight is 198 g/mol. The maximum atomic E-state index is 8.67. The third-order valence-electron chi connectivity index (χ3n) is 2.70. The fraction of sp³-hybridized carbons (Fsp3) is 0.308. The molecule has 2 rings (SSSR count). The molecule has 1 aromatic carbocycles. The van der Waals surface area contributed by atoms with E-state index in [1.807, 2.05) is 10.8 Å². The van der Waals surface area contributed by atoms with Crippen molar-refractivity contribution in [3.05, 3.63) is 36.0 Å². The highest BCUT2D eigenvalue weighted by Crippen LogP contribution is 2.22. The minimum absolute atomic E-state index is 0.421. The second-order valence-electron chi connectivity index (χ2n) is 4.07. The van der Waals surface area contributed by atoms with Crippen molar-refractivity contribution in [2.75, 3.05) is 0 Å². The highest BCUT2D eigenvalue weighted by Gasteiger charge is 2.03. The molecule has 0 aliphatic carbocycles. The van der Waals surface area contributed by atoms with Gasteiger partial charge in [0.05, 0.1) is 6.07 Å². The first-order valence-electron chi connectivity index (χ1n) is 5.18. The number of nitrogens with zero attached hydrogens (tertiary/aromatic N) is 2. The van der Waals surface area contributed by atoms with Gasteiger partial charge in [-0.2, -0.15) is 5.26 Å². The Labute approximate surface area is 89.7 Å². The lowest BCUT2D eigenvalue weighted by Gasteiger charge is -2.05. The number of aromatic nitrogens is 1. The van der Waals surface area contributed by atoms with E-state index in [2.05, 4.69) is 44.2 Å². The van der Waals surface area contributed by atoms with Gasteiger partial charge >= 0.3 is 0 Å². The van der Waals surface area contributed by atoms with Crippen LogP contribution in [0.15, 0.2) is 30.5 Å². The molecule has 0 unspecified atom stereocenters. The minimum Gasteiger partial charge on any atom is -0.334 e. The van der Waals surface area contributed by atoms with E-state index in [0.717, 1.165) is 5.52 Å². The van der Waals surface area contributed by atoms with E-state index in [4.69, 9.17) is 5.26 Å². The van der Waals surface area contributed by atoms with E-state index >= 15 is 0 Å². The molecule has 1 heterocycles. The lowest BCUT2D eigenvalue weighted by atomic mass is 10.0. The third-order valence-corrected chi connectivity index (χ3v) is 2.70. The molecule has 0 amide bonds. The fourth-order valence-corrected chi connectivity index (χ4v) is 1.79. The van der Waals surface area contributed by atoms with Crippen molar-refractivity contribution in [2.45, 2.75) is 26.3 Å². The van der Waals surface area contributed by atoms with Crippen LogP contribution < -0.4 is 0 Å². The summed E-state index contributed by atoms with van der Waals surface area (Å²) >= 11 is 0. The van der Waals surface area contributed by atoms with Crippen LogP contribution in [0.3, 0.4) is 0 Å². The number of rotatable bonds is 2. The molecule has 0 fully saturated rings. The van der Waals surface area contributed by atoms with Gasteiger partial charge in [-0.15, -0.1) is 0 Å². The van der Waals surface area contributed by atoms with Gasteiger partial charge in [-0.1, -0.05) is 19.9 Å². The normalized spacial score (nSPS) is 10.8. The van der Waals surface area contributed by atoms with Crippen molar-refractivity contribution in [1.82, 2.24) is 4.57 Å². The van der Waals surface area contributed by atoms with Crippen molar-refractivity contribution < 1.29 is 0 Å². The molecular weight excluding hydrogens is 184 g/mol. The highest BCUT2D eigenvalue weighted by atomic mass is 14.9. The van der Waals surface area contributed by atoms with Gasteiger partial charge in [0, 0.05) is 11.7 Å². The number of nitriles is 1. The van der Waals surface area contributed by atoms with Crippen LogP contribution in [0.5, 0.6) is 0 Å². The van der Waals surface area contributed by atoms with Gasteiger partial charge in [-0.05, 0) is 35.1 Å². The smallest absolute Gasteiger partial charge is 0.110 e. The molecule has 2 nitrogen and oxygen atoms in total. The molecule has 0 atom stereocenters. The van der Waals surface area contributed by atoms with E-state index in [1.54, 1.807) is 0 Å². The van der Waals surface area contributed by atoms with Crippen molar-refractivity contribution >= 4 is 10.9 Å². The van der Waals surface area contributed by atoms with Gasteiger partial charge in [0.25, 0.3) is 0 Å². The SMILES string of the molecule is CC(C)c1ccc2c(ccn2CC#N)c1. The first kappa shape index (κ1) is 9.79. The Morgan fingerprint density at radius 3 is 2.80 bits per heavy atom. The van der Waals surface area contributed by atoms with Gasteiger partial charge < -0.3 is 4.57 Å². The Morgan fingerprint density at radius 1 is 1.33 bits per heavy atom. The predicted molar refractivity (Wildman–Crippen MR) is 61.6 cm³/mol. The van der Waals surface area contributed by atoms with E-state index in [-0.39, 0.29) is 0 Å². The summed E-state index contributed by atoms with van der Waals surface area (Å²) in [6.45, 7) is 4.80. The van der Waals surface area contributed by atoms with E-state index in [1.165, 1.54) is 10.9 Å². The van der Waals surface area contributed by atoms with Crippen LogP contribution in [-0.2, 0) is 6.54 Å². The molecular formula is C13H14N2.